The van der Waals surface area contributed by atoms with Gasteiger partial charge >= 0.3 is 11.9 Å². The molecule has 4 rings (SSSR count). The number of ether oxygens (including phenoxy) is 4. The standard InChI is InChI=1S/C21H30O7/c1-7-10(2)17(22)27-16(15-11(3)18(23)28-19(15)24)21(5)12(4)14-9-8-13(21)20(25-6)26-14/h7,12-14,16,18,20,23H,8-9H2,1-6H3. The van der Waals surface area contributed by atoms with Crippen LogP contribution in [0.25, 0.3) is 0 Å². The van der Waals surface area contributed by atoms with E-state index in [0.717, 1.165) is 12.8 Å². The number of aliphatic hydroxyl groups is 1. The van der Waals surface area contributed by atoms with Gasteiger partial charge in [-0.15, -0.1) is 0 Å². The van der Waals surface area contributed by atoms with Gasteiger partial charge in [0, 0.05) is 29.6 Å². The minimum absolute atomic E-state index is 0.00667. The maximum atomic E-state index is 12.7. The Morgan fingerprint density at radius 1 is 1.39 bits per heavy atom. The fourth-order valence-corrected chi connectivity index (χ4v) is 4.85. The fourth-order valence-electron chi connectivity index (χ4n) is 4.85. The van der Waals surface area contributed by atoms with Crippen molar-refractivity contribution in [3.63, 3.8) is 0 Å². The van der Waals surface area contributed by atoms with Crippen LogP contribution >= 0.6 is 0 Å². The zero-order valence-corrected chi connectivity index (χ0v) is 17.4. The number of rotatable bonds is 5. The molecule has 156 valence electrons. The third kappa shape index (κ3) is 3.09. The van der Waals surface area contributed by atoms with Gasteiger partial charge in [-0.3, -0.25) is 0 Å². The molecule has 0 radical (unpaired) electrons. The lowest BCUT2D eigenvalue weighted by atomic mass is 9.54. The number of carbonyl (C=O) groups is 2. The molecule has 7 atom stereocenters. The molecule has 2 bridgehead atoms. The summed E-state index contributed by atoms with van der Waals surface area (Å²) < 4.78 is 22.6. The van der Waals surface area contributed by atoms with E-state index in [1.807, 2.05) is 6.92 Å². The highest BCUT2D eigenvalue weighted by Crippen LogP contribution is 2.57. The van der Waals surface area contributed by atoms with Crippen molar-refractivity contribution in [2.24, 2.45) is 17.3 Å². The summed E-state index contributed by atoms with van der Waals surface area (Å²) in [6.07, 6.45) is 0.706. The van der Waals surface area contributed by atoms with Gasteiger partial charge in [-0.1, -0.05) is 19.9 Å². The van der Waals surface area contributed by atoms with E-state index in [9.17, 15) is 14.7 Å². The summed E-state index contributed by atoms with van der Waals surface area (Å²) >= 11 is 0. The maximum absolute atomic E-state index is 12.7. The van der Waals surface area contributed by atoms with Gasteiger partial charge in [0.15, 0.2) is 6.29 Å². The van der Waals surface area contributed by atoms with Crippen molar-refractivity contribution in [1.29, 1.82) is 0 Å². The predicted octanol–water partition coefficient (Wildman–Crippen LogP) is 2.48. The fraction of sp³-hybridized carbons (Fsp3) is 0.714. The summed E-state index contributed by atoms with van der Waals surface area (Å²) in [7, 11) is 1.60. The number of fused-ring (bicyclic) bond motifs is 3. The highest BCUT2D eigenvalue weighted by Gasteiger charge is 2.62. The second kappa shape index (κ2) is 7.61. The Bertz CT molecular complexity index is 724. The average Bonchev–Trinajstić information content (AvgIpc) is 2.94. The monoisotopic (exact) mass is 394 g/mol. The van der Waals surface area contributed by atoms with E-state index < -0.39 is 36.0 Å². The summed E-state index contributed by atoms with van der Waals surface area (Å²) in [6, 6.07) is 0. The molecule has 3 aliphatic heterocycles. The molecule has 0 aromatic carbocycles. The molecule has 7 nitrogen and oxygen atoms in total. The molecule has 0 spiro atoms. The van der Waals surface area contributed by atoms with Crippen LogP contribution in [0.2, 0.25) is 0 Å². The Hall–Kier alpha value is -1.70. The van der Waals surface area contributed by atoms with Crippen LogP contribution in [-0.2, 0) is 28.5 Å². The summed E-state index contributed by atoms with van der Waals surface area (Å²) in [5.74, 6) is -1.21. The maximum Gasteiger partial charge on any atom is 0.340 e. The Balaban J connectivity index is 2.10. The first kappa shape index (κ1) is 21.0. The molecular weight excluding hydrogens is 364 g/mol. The third-order valence-corrected chi connectivity index (χ3v) is 7.01. The number of carbonyl (C=O) groups excluding carboxylic acids is 2. The van der Waals surface area contributed by atoms with Gasteiger partial charge in [-0.2, -0.15) is 0 Å². The van der Waals surface area contributed by atoms with Crippen LogP contribution in [0.1, 0.15) is 47.5 Å². The van der Waals surface area contributed by atoms with Crippen molar-refractivity contribution in [3.05, 3.63) is 22.8 Å². The van der Waals surface area contributed by atoms with E-state index in [0.29, 0.717) is 11.1 Å². The van der Waals surface area contributed by atoms with Crippen LogP contribution in [0.3, 0.4) is 0 Å². The molecule has 3 heterocycles. The molecule has 1 N–H and O–H groups in total. The molecule has 0 aromatic rings. The number of methoxy groups -OCH3 is 1. The van der Waals surface area contributed by atoms with Crippen LogP contribution < -0.4 is 0 Å². The van der Waals surface area contributed by atoms with Crippen molar-refractivity contribution >= 4 is 11.9 Å². The van der Waals surface area contributed by atoms with Gasteiger partial charge in [-0.05, 0) is 39.5 Å². The van der Waals surface area contributed by atoms with Crippen LogP contribution in [0.15, 0.2) is 22.8 Å². The second-order valence-corrected chi connectivity index (χ2v) is 8.23. The average molecular weight is 394 g/mol. The highest BCUT2D eigenvalue weighted by atomic mass is 16.7. The van der Waals surface area contributed by atoms with Gasteiger partial charge in [0.05, 0.1) is 11.7 Å². The Morgan fingerprint density at radius 3 is 2.61 bits per heavy atom. The zero-order valence-electron chi connectivity index (χ0n) is 17.4. The molecule has 3 fully saturated rings. The largest absolute Gasteiger partial charge is 0.453 e. The first-order valence-electron chi connectivity index (χ1n) is 9.78. The van der Waals surface area contributed by atoms with Crippen molar-refractivity contribution in [1.82, 2.24) is 0 Å². The van der Waals surface area contributed by atoms with E-state index in [2.05, 4.69) is 6.92 Å². The molecule has 1 saturated carbocycles. The Morgan fingerprint density at radius 2 is 2.07 bits per heavy atom. The summed E-state index contributed by atoms with van der Waals surface area (Å²) in [4.78, 5) is 25.3. The van der Waals surface area contributed by atoms with Crippen LogP contribution in [-0.4, -0.2) is 48.9 Å². The van der Waals surface area contributed by atoms with E-state index >= 15 is 0 Å². The second-order valence-electron chi connectivity index (χ2n) is 8.23. The topological polar surface area (TPSA) is 91.3 Å². The Kier molecular flexibility index (Phi) is 5.71. The molecule has 1 aliphatic carbocycles. The third-order valence-electron chi connectivity index (χ3n) is 7.01. The van der Waals surface area contributed by atoms with E-state index in [1.165, 1.54) is 0 Å². The van der Waals surface area contributed by atoms with Gasteiger partial charge in [0.2, 0.25) is 6.29 Å². The summed E-state index contributed by atoms with van der Waals surface area (Å²) in [5, 5.41) is 10.1. The molecule has 28 heavy (non-hydrogen) atoms. The van der Waals surface area contributed by atoms with E-state index in [4.69, 9.17) is 18.9 Å². The number of esters is 2. The number of hydrogen-bond acceptors (Lipinski definition) is 7. The number of cyclic esters (lactones) is 1. The Labute approximate surface area is 165 Å². The normalized spacial score (nSPS) is 39.2. The summed E-state index contributed by atoms with van der Waals surface area (Å²) in [6.45, 7) is 9.13. The van der Waals surface area contributed by atoms with Crippen LogP contribution in [0.4, 0.5) is 0 Å². The first-order chi connectivity index (χ1) is 13.2. The molecule has 7 unspecified atom stereocenters. The minimum Gasteiger partial charge on any atom is -0.453 e. The van der Waals surface area contributed by atoms with Crippen LogP contribution in [0.5, 0.6) is 0 Å². The van der Waals surface area contributed by atoms with Crippen LogP contribution in [0, 0.1) is 17.3 Å². The summed E-state index contributed by atoms with van der Waals surface area (Å²) in [5.41, 5.74) is 0.435. The van der Waals surface area contributed by atoms with Gasteiger partial charge < -0.3 is 24.1 Å². The van der Waals surface area contributed by atoms with Crippen molar-refractivity contribution < 1.29 is 33.6 Å². The van der Waals surface area contributed by atoms with E-state index in [-0.39, 0.29) is 23.5 Å². The van der Waals surface area contributed by atoms with Crippen molar-refractivity contribution in [2.45, 2.75) is 72.2 Å². The molecule has 2 saturated heterocycles. The quantitative estimate of drug-likeness (QED) is 0.566. The first-order valence-corrected chi connectivity index (χ1v) is 9.78. The lowest BCUT2D eigenvalue weighted by molar-refractivity contribution is -0.308. The lowest BCUT2D eigenvalue weighted by Gasteiger charge is -2.59. The highest BCUT2D eigenvalue weighted by molar-refractivity contribution is 5.95. The van der Waals surface area contributed by atoms with E-state index in [1.54, 1.807) is 34.0 Å². The molecular formula is C21H30O7. The number of hydrogen-bond donors (Lipinski definition) is 1. The van der Waals surface area contributed by atoms with Gasteiger partial charge in [-0.25, -0.2) is 9.59 Å². The van der Waals surface area contributed by atoms with Crippen molar-refractivity contribution in [3.8, 4) is 0 Å². The number of aliphatic hydroxyl groups excluding tert-OH is 1. The number of allylic oxidation sites excluding steroid dienone is 1. The zero-order chi connectivity index (χ0) is 20.8. The lowest BCUT2D eigenvalue weighted by Crippen LogP contribution is -2.63. The smallest absolute Gasteiger partial charge is 0.340 e. The molecule has 4 aliphatic rings. The SMILES string of the molecule is CC=C(C)C(=O)OC(C1=C(C)C(O)OC1=O)C1(C)C(C)C2CCC1C(OC)O2. The van der Waals surface area contributed by atoms with Gasteiger partial charge in [0.25, 0.3) is 0 Å². The molecule has 0 aromatic heterocycles. The molecule has 7 heteroatoms. The predicted molar refractivity (Wildman–Crippen MR) is 99.8 cm³/mol. The minimum atomic E-state index is -1.32. The molecule has 0 amide bonds. The van der Waals surface area contributed by atoms with Crippen molar-refractivity contribution in [2.75, 3.05) is 7.11 Å². The van der Waals surface area contributed by atoms with Gasteiger partial charge in [0.1, 0.15) is 6.10 Å².